The van der Waals surface area contributed by atoms with Gasteiger partial charge in [-0.1, -0.05) is 96.6 Å². The number of amides is 3. The summed E-state index contributed by atoms with van der Waals surface area (Å²) in [5.74, 6) is -2.22. The van der Waals surface area contributed by atoms with Crippen molar-refractivity contribution in [3.63, 3.8) is 0 Å². The first-order valence-electron chi connectivity index (χ1n) is 15.9. The highest BCUT2D eigenvalue weighted by Gasteiger charge is 2.73. The Morgan fingerprint density at radius 1 is 0.688 bits per heavy atom. The van der Waals surface area contributed by atoms with Gasteiger partial charge in [0.15, 0.2) is 0 Å². The van der Waals surface area contributed by atoms with Crippen LogP contribution in [0.5, 0.6) is 11.5 Å². The van der Waals surface area contributed by atoms with Crippen LogP contribution in [-0.4, -0.2) is 28.7 Å². The van der Waals surface area contributed by atoms with Crippen molar-refractivity contribution in [3.05, 3.63) is 161 Å². The number of ether oxygens (including phenoxy) is 1. The zero-order valence-electron chi connectivity index (χ0n) is 25.9. The third-order valence-corrected chi connectivity index (χ3v) is 11.2. The summed E-state index contributed by atoms with van der Waals surface area (Å²) in [6, 6.07) is 37.8. The summed E-state index contributed by atoms with van der Waals surface area (Å²) in [4.78, 5) is 42.1. The predicted octanol–water partition coefficient (Wildman–Crippen LogP) is 7.93. The normalized spacial score (nSPS) is 24.0. The monoisotopic (exact) mass is 672 g/mol. The number of rotatable bonds is 7. The Morgan fingerprint density at radius 3 is 1.60 bits per heavy atom. The van der Waals surface area contributed by atoms with Gasteiger partial charge < -0.3 is 10.1 Å². The predicted molar refractivity (Wildman–Crippen MR) is 185 cm³/mol. The third-order valence-electron chi connectivity index (χ3n) is 9.88. The van der Waals surface area contributed by atoms with Crippen molar-refractivity contribution in [1.82, 2.24) is 4.90 Å². The van der Waals surface area contributed by atoms with E-state index in [1.165, 1.54) is 0 Å². The molecule has 2 bridgehead atoms. The Hall–Kier alpha value is -4.91. The topological polar surface area (TPSA) is 75.7 Å². The fourth-order valence-electron chi connectivity index (χ4n) is 7.71. The molecule has 3 amide bonds. The van der Waals surface area contributed by atoms with Gasteiger partial charge in [-0.3, -0.25) is 19.3 Å². The van der Waals surface area contributed by atoms with Crippen LogP contribution in [0.15, 0.2) is 127 Å². The Balaban J connectivity index is 1.15. The van der Waals surface area contributed by atoms with Gasteiger partial charge in [-0.2, -0.15) is 0 Å². The molecular weight excluding hydrogens is 643 g/mol. The van der Waals surface area contributed by atoms with E-state index >= 15 is 0 Å². The van der Waals surface area contributed by atoms with Crippen LogP contribution in [0.1, 0.15) is 33.4 Å². The van der Waals surface area contributed by atoms with E-state index in [4.69, 9.17) is 27.9 Å². The van der Waals surface area contributed by atoms with Gasteiger partial charge in [0, 0.05) is 12.1 Å². The lowest BCUT2D eigenvalue weighted by Gasteiger charge is -2.54. The van der Waals surface area contributed by atoms with Crippen LogP contribution in [0.3, 0.4) is 0 Å². The molecular formula is C40H30Cl2N2O4. The second-order valence-corrected chi connectivity index (χ2v) is 13.8. The molecule has 4 aliphatic rings. The van der Waals surface area contributed by atoms with Gasteiger partial charge in [0.2, 0.25) is 17.7 Å². The molecule has 1 N–H and O–H groups in total. The maximum Gasteiger partial charge on any atom is 0.248 e. The number of carbonyl (C=O) groups excluding carboxylic acids is 3. The lowest BCUT2D eigenvalue weighted by atomic mass is 9.54. The van der Waals surface area contributed by atoms with E-state index in [9.17, 15) is 14.4 Å². The Labute approximate surface area is 288 Å². The summed E-state index contributed by atoms with van der Waals surface area (Å²) in [7, 11) is 0. The molecule has 1 fully saturated rings. The molecule has 5 aromatic rings. The molecule has 0 aromatic heterocycles. The van der Waals surface area contributed by atoms with Gasteiger partial charge in [-0.05, 0) is 71.1 Å². The third kappa shape index (κ3) is 4.50. The Bertz CT molecular complexity index is 1960. The molecule has 8 heteroatoms. The van der Waals surface area contributed by atoms with Crippen molar-refractivity contribution in [3.8, 4) is 11.5 Å². The highest BCUT2D eigenvalue weighted by molar-refractivity contribution is 6.36. The van der Waals surface area contributed by atoms with E-state index in [0.717, 1.165) is 16.0 Å². The number of benzene rings is 5. The molecule has 5 aromatic carbocycles. The van der Waals surface area contributed by atoms with Crippen molar-refractivity contribution in [1.29, 1.82) is 0 Å². The number of hydrogen-bond donors (Lipinski definition) is 1. The van der Waals surface area contributed by atoms with Crippen molar-refractivity contribution >= 4 is 46.6 Å². The SMILES string of the molecule is Cc1ccc(Oc2ccc(NC(=O)[C@H](Cc3ccccc3)N3C(=O)[C@H]4[C@H](C3=O)C3(Cl)c5ccccc5C4(Cl)c4ccccc43)cc2)cc1. The minimum Gasteiger partial charge on any atom is -0.457 e. The van der Waals surface area contributed by atoms with Gasteiger partial charge in [0.1, 0.15) is 27.3 Å². The van der Waals surface area contributed by atoms with Crippen LogP contribution in [0.4, 0.5) is 5.69 Å². The van der Waals surface area contributed by atoms with Gasteiger partial charge in [0.25, 0.3) is 0 Å². The Kier molecular flexibility index (Phi) is 7.20. The summed E-state index contributed by atoms with van der Waals surface area (Å²) in [6.07, 6.45) is 0.114. The van der Waals surface area contributed by atoms with E-state index in [1.54, 1.807) is 24.3 Å². The molecule has 3 aliphatic carbocycles. The maximum absolute atomic E-state index is 14.7. The average molecular weight is 674 g/mol. The van der Waals surface area contributed by atoms with Crippen LogP contribution in [0.2, 0.25) is 0 Å². The zero-order chi connectivity index (χ0) is 33.2. The number of imide groups is 1. The van der Waals surface area contributed by atoms with Crippen molar-refractivity contribution in [2.45, 2.75) is 29.1 Å². The van der Waals surface area contributed by atoms with E-state index in [-0.39, 0.29) is 6.42 Å². The fourth-order valence-corrected chi connectivity index (χ4v) is 8.81. The minimum absolute atomic E-state index is 0.114. The average Bonchev–Trinajstić information content (AvgIpc) is 3.38. The molecule has 1 heterocycles. The first kappa shape index (κ1) is 30.4. The standard InChI is InChI=1S/C40H30Cl2N2O4/c1-24-15-19-27(20-16-24)48-28-21-17-26(18-22-28)43-36(45)33(23-25-9-3-2-4-10-25)44-37(46)34-35(38(44)47)40(42)30-12-6-5-11-29(30)39(34,41)31-13-7-8-14-32(31)40/h2-22,33-35H,23H2,1H3,(H,43,45)/t33-,34+,35+,39?,40?/m0/s1. The van der Waals surface area contributed by atoms with Crippen LogP contribution >= 0.6 is 23.2 Å². The first-order valence-corrected chi connectivity index (χ1v) is 16.6. The maximum atomic E-state index is 14.7. The summed E-state index contributed by atoms with van der Waals surface area (Å²) < 4.78 is 5.95. The number of anilines is 1. The molecule has 48 heavy (non-hydrogen) atoms. The molecule has 0 spiro atoms. The smallest absolute Gasteiger partial charge is 0.248 e. The number of nitrogens with one attached hydrogen (secondary N) is 1. The summed E-state index contributed by atoms with van der Waals surface area (Å²) >= 11 is 15.3. The van der Waals surface area contributed by atoms with Crippen LogP contribution in [0.25, 0.3) is 0 Å². The van der Waals surface area contributed by atoms with Crippen molar-refractivity contribution in [2.75, 3.05) is 5.32 Å². The lowest BCUT2D eigenvalue weighted by Crippen LogP contribution is -2.57. The number of nitrogens with zero attached hydrogens (tertiary/aromatic N) is 1. The molecule has 0 unspecified atom stereocenters. The number of hydrogen-bond acceptors (Lipinski definition) is 4. The van der Waals surface area contributed by atoms with Crippen molar-refractivity contribution in [2.24, 2.45) is 11.8 Å². The molecule has 9 rings (SSSR count). The van der Waals surface area contributed by atoms with E-state index in [1.807, 2.05) is 110 Å². The molecule has 0 saturated carbocycles. The summed E-state index contributed by atoms with van der Waals surface area (Å²) in [6.45, 7) is 2.01. The molecule has 1 aliphatic heterocycles. The quantitative estimate of drug-likeness (QED) is 0.141. The van der Waals surface area contributed by atoms with Gasteiger partial charge >= 0.3 is 0 Å². The molecule has 6 nitrogen and oxygen atoms in total. The molecule has 0 radical (unpaired) electrons. The van der Waals surface area contributed by atoms with Gasteiger partial charge in [-0.25, -0.2) is 0 Å². The Morgan fingerprint density at radius 2 is 1.12 bits per heavy atom. The second kappa shape index (κ2) is 11.4. The van der Waals surface area contributed by atoms with Crippen LogP contribution in [0, 0.1) is 18.8 Å². The number of halogens is 2. The largest absolute Gasteiger partial charge is 0.457 e. The van der Waals surface area contributed by atoms with Crippen LogP contribution in [-0.2, 0) is 30.6 Å². The van der Waals surface area contributed by atoms with E-state index in [0.29, 0.717) is 39.4 Å². The van der Waals surface area contributed by atoms with Gasteiger partial charge in [0.05, 0.1) is 11.8 Å². The van der Waals surface area contributed by atoms with Crippen LogP contribution < -0.4 is 10.1 Å². The molecule has 3 atom stereocenters. The number of alkyl halides is 2. The first-order chi connectivity index (χ1) is 23.2. The molecule has 238 valence electrons. The summed E-state index contributed by atoms with van der Waals surface area (Å²) in [5.41, 5.74) is 5.26. The fraction of sp³-hybridized carbons (Fsp3) is 0.175. The van der Waals surface area contributed by atoms with E-state index in [2.05, 4.69) is 5.32 Å². The van der Waals surface area contributed by atoms with Crippen molar-refractivity contribution < 1.29 is 19.1 Å². The minimum atomic E-state index is -1.34. The second-order valence-electron chi connectivity index (χ2n) is 12.7. The van der Waals surface area contributed by atoms with Gasteiger partial charge in [-0.15, -0.1) is 23.2 Å². The van der Waals surface area contributed by atoms with E-state index < -0.39 is 45.3 Å². The zero-order valence-corrected chi connectivity index (χ0v) is 27.4. The highest BCUT2D eigenvalue weighted by Crippen LogP contribution is 2.69. The molecule has 1 saturated heterocycles. The highest BCUT2D eigenvalue weighted by atomic mass is 35.5. The lowest BCUT2D eigenvalue weighted by molar-refractivity contribution is -0.146. The number of carbonyl (C=O) groups is 3. The number of likely N-dealkylation sites (tertiary alicyclic amines) is 1. The number of aryl methyl sites for hydroxylation is 1. The summed E-state index contributed by atoms with van der Waals surface area (Å²) in [5, 5.41) is 2.94.